The number of piperidine rings is 1. The summed E-state index contributed by atoms with van der Waals surface area (Å²) in [6, 6.07) is 13.8. The molecule has 0 unspecified atom stereocenters. The number of nitriles is 1. The second-order valence-corrected chi connectivity index (χ2v) is 6.21. The molecule has 1 aliphatic rings. The molecule has 1 fully saturated rings. The number of benzene rings is 2. The number of hydrogen-bond donors (Lipinski definition) is 0. The van der Waals surface area contributed by atoms with Crippen LogP contribution in [0.25, 0.3) is 0 Å². The van der Waals surface area contributed by atoms with E-state index in [4.69, 9.17) is 16.3 Å². The average molecular weight is 358 g/mol. The maximum Gasteiger partial charge on any atom is 0.270 e. The van der Waals surface area contributed by atoms with Gasteiger partial charge in [-0.25, -0.2) is 0 Å². The van der Waals surface area contributed by atoms with Crippen LogP contribution < -0.4 is 9.64 Å². The monoisotopic (exact) mass is 357 g/mol. The first-order valence-corrected chi connectivity index (χ1v) is 8.31. The summed E-state index contributed by atoms with van der Waals surface area (Å²) < 4.78 is 5.96. The first kappa shape index (κ1) is 17.1. The number of nitro groups is 1. The molecule has 0 spiro atoms. The molecule has 2 aromatic carbocycles. The van der Waals surface area contributed by atoms with E-state index in [-0.39, 0.29) is 11.8 Å². The van der Waals surface area contributed by atoms with Gasteiger partial charge in [-0.3, -0.25) is 10.1 Å². The van der Waals surface area contributed by atoms with Crippen molar-refractivity contribution in [3.05, 3.63) is 63.2 Å². The summed E-state index contributed by atoms with van der Waals surface area (Å²) in [6.45, 7) is 1.42. The van der Waals surface area contributed by atoms with Crippen molar-refractivity contribution in [2.75, 3.05) is 18.0 Å². The van der Waals surface area contributed by atoms with Gasteiger partial charge in [0.25, 0.3) is 5.69 Å². The van der Waals surface area contributed by atoms with Gasteiger partial charge in [0.1, 0.15) is 17.9 Å². The van der Waals surface area contributed by atoms with Crippen molar-refractivity contribution in [1.29, 1.82) is 5.26 Å². The number of rotatable bonds is 4. The number of nitrogens with zero attached hydrogens (tertiary/aromatic N) is 3. The fourth-order valence-corrected chi connectivity index (χ4v) is 3.12. The minimum Gasteiger partial charge on any atom is -0.489 e. The van der Waals surface area contributed by atoms with E-state index in [1.807, 2.05) is 18.2 Å². The summed E-state index contributed by atoms with van der Waals surface area (Å²) in [5.74, 6) is 0.677. The van der Waals surface area contributed by atoms with Crippen LogP contribution in [-0.4, -0.2) is 24.1 Å². The SMILES string of the molecule is N#Cc1cc([N+](=O)[O-])ccc1N1CCC(Oc2ccccc2Cl)CC1. The van der Waals surface area contributed by atoms with E-state index in [1.165, 1.54) is 12.1 Å². The number of hydrogen-bond acceptors (Lipinski definition) is 5. The van der Waals surface area contributed by atoms with Crippen molar-refractivity contribution >= 4 is 23.0 Å². The molecular formula is C18H16ClN3O3. The molecule has 128 valence electrons. The van der Waals surface area contributed by atoms with Crippen molar-refractivity contribution in [1.82, 2.24) is 0 Å². The highest BCUT2D eigenvalue weighted by atomic mass is 35.5. The molecular weight excluding hydrogens is 342 g/mol. The minimum atomic E-state index is -0.492. The first-order chi connectivity index (χ1) is 12.1. The van der Waals surface area contributed by atoms with E-state index < -0.39 is 4.92 Å². The minimum absolute atomic E-state index is 0.0553. The van der Waals surface area contributed by atoms with Gasteiger partial charge in [0.05, 0.1) is 21.2 Å². The van der Waals surface area contributed by atoms with Gasteiger partial charge in [-0.2, -0.15) is 5.26 Å². The highest BCUT2D eigenvalue weighted by molar-refractivity contribution is 6.32. The van der Waals surface area contributed by atoms with Crippen LogP contribution in [0.4, 0.5) is 11.4 Å². The zero-order valence-electron chi connectivity index (χ0n) is 13.4. The van der Waals surface area contributed by atoms with E-state index in [9.17, 15) is 15.4 Å². The number of ether oxygens (including phenoxy) is 1. The molecule has 25 heavy (non-hydrogen) atoms. The molecule has 0 N–H and O–H groups in total. The predicted octanol–water partition coefficient (Wildman–Crippen LogP) is 4.17. The third kappa shape index (κ3) is 3.83. The van der Waals surface area contributed by atoms with Crippen LogP contribution in [0.15, 0.2) is 42.5 Å². The van der Waals surface area contributed by atoms with E-state index >= 15 is 0 Å². The summed E-state index contributed by atoms with van der Waals surface area (Å²) in [7, 11) is 0. The van der Waals surface area contributed by atoms with Crippen LogP contribution in [0.1, 0.15) is 18.4 Å². The van der Waals surface area contributed by atoms with Crippen LogP contribution in [0.3, 0.4) is 0 Å². The van der Waals surface area contributed by atoms with Gasteiger partial charge in [0.2, 0.25) is 0 Å². The topological polar surface area (TPSA) is 79.4 Å². The Morgan fingerprint density at radius 2 is 1.96 bits per heavy atom. The number of para-hydroxylation sites is 1. The molecule has 3 rings (SSSR count). The Labute approximate surface area is 150 Å². The summed E-state index contributed by atoms with van der Waals surface area (Å²) in [5, 5.41) is 20.7. The lowest BCUT2D eigenvalue weighted by atomic mass is 10.0. The third-order valence-electron chi connectivity index (χ3n) is 4.22. The third-order valence-corrected chi connectivity index (χ3v) is 4.54. The van der Waals surface area contributed by atoms with Crippen LogP contribution in [0.5, 0.6) is 5.75 Å². The maximum atomic E-state index is 10.9. The van der Waals surface area contributed by atoms with Crippen LogP contribution in [0.2, 0.25) is 5.02 Å². The van der Waals surface area contributed by atoms with Crippen LogP contribution in [0, 0.1) is 21.4 Å². The largest absolute Gasteiger partial charge is 0.489 e. The standard InChI is InChI=1S/C18H16ClN3O3/c19-16-3-1-2-4-18(16)25-15-7-9-21(10-8-15)17-6-5-14(22(23)24)11-13(17)12-20/h1-6,11,15H,7-10H2. The molecule has 1 heterocycles. The number of halogens is 1. The summed E-state index contributed by atoms with van der Waals surface area (Å²) in [5.41, 5.74) is 0.973. The van der Waals surface area contributed by atoms with Gasteiger partial charge in [-0.05, 0) is 18.2 Å². The van der Waals surface area contributed by atoms with E-state index in [1.54, 1.807) is 12.1 Å². The van der Waals surface area contributed by atoms with Crippen LogP contribution >= 0.6 is 11.6 Å². The Kier molecular flexibility index (Phi) is 5.05. The van der Waals surface area contributed by atoms with E-state index in [0.717, 1.165) is 18.5 Å². The Morgan fingerprint density at radius 1 is 1.24 bits per heavy atom. The Balaban J connectivity index is 1.67. The van der Waals surface area contributed by atoms with Crippen molar-refractivity contribution in [2.24, 2.45) is 0 Å². The van der Waals surface area contributed by atoms with Crippen molar-refractivity contribution in [2.45, 2.75) is 18.9 Å². The molecule has 2 aromatic rings. The fraction of sp³-hybridized carbons (Fsp3) is 0.278. The van der Waals surface area contributed by atoms with E-state index in [0.29, 0.717) is 29.4 Å². The normalized spacial score (nSPS) is 14.8. The molecule has 0 radical (unpaired) electrons. The summed E-state index contributed by atoms with van der Waals surface area (Å²) >= 11 is 6.12. The van der Waals surface area contributed by atoms with Crippen LogP contribution in [-0.2, 0) is 0 Å². The molecule has 0 aliphatic carbocycles. The first-order valence-electron chi connectivity index (χ1n) is 7.93. The number of non-ortho nitro benzene ring substituents is 1. The molecule has 1 saturated heterocycles. The van der Waals surface area contributed by atoms with Gasteiger partial charge in [0, 0.05) is 38.1 Å². The fourth-order valence-electron chi connectivity index (χ4n) is 2.94. The van der Waals surface area contributed by atoms with Gasteiger partial charge in [0.15, 0.2) is 0 Å². The zero-order valence-corrected chi connectivity index (χ0v) is 14.1. The van der Waals surface area contributed by atoms with Crippen molar-refractivity contribution in [3.8, 4) is 11.8 Å². The van der Waals surface area contributed by atoms with E-state index in [2.05, 4.69) is 11.0 Å². The van der Waals surface area contributed by atoms with Gasteiger partial charge in [-0.1, -0.05) is 23.7 Å². The van der Waals surface area contributed by atoms with Gasteiger partial charge in [-0.15, -0.1) is 0 Å². The number of anilines is 1. The second kappa shape index (κ2) is 7.41. The quantitative estimate of drug-likeness (QED) is 0.606. The molecule has 0 amide bonds. The lowest BCUT2D eigenvalue weighted by Gasteiger charge is -2.34. The number of nitro benzene ring substituents is 1. The smallest absolute Gasteiger partial charge is 0.270 e. The highest BCUT2D eigenvalue weighted by Gasteiger charge is 2.24. The average Bonchev–Trinajstić information content (AvgIpc) is 2.63. The van der Waals surface area contributed by atoms with Crippen molar-refractivity contribution < 1.29 is 9.66 Å². The van der Waals surface area contributed by atoms with Gasteiger partial charge < -0.3 is 9.64 Å². The summed E-state index contributed by atoms with van der Waals surface area (Å²) in [4.78, 5) is 12.4. The second-order valence-electron chi connectivity index (χ2n) is 5.81. The molecule has 7 heteroatoms. The predicted molar refractivity (Wildman–Crippen MR) is 95.1 cm³/mol. The lowest BCUT2D eigenvalue weighted by Crippen LogP contribution is -2.38. The molecule has 0 bridgehead atoms. The molecule has 1 aliphatic heterocycles. The van der Waals surface area contributed by atoms with Crippen molar-refractivity contribution in [3.63, 3.8) is 0 Å². The highest BCUT2D eigenvalue weighted by Crippen LogP contribution is 2.30. The molecule has 6 nitrogen and oxygen atoms in total. The Morgan fingerprint density at radius 3 is 2.60 bits per heavy atom. The maximum absolute atomic E-state index is 10.9. The lowest BCUT2D eigenvalue weighted by molar-refractivity contribution is -0.384. The Bertz CT molecular complexity index is 827. The Hall–Kier alpha value is -2.78. The zero-order chi connectivity index (χ0) is 17.8. The molecule has 0 aromatic heterocycles. The molecule has 0 atom stereocenters. The molecule has 0 saturated carbocycles. The summed E-state index contributed by atoms with van der Waals surface area (Å²) in [6.07, 6.45) is 1.62. The van der Waals surface area contributed by atoms with Gasteiger partial charge >= 0.3 is 0 Å².